The van der Waals surface area contributed by atoms with Crippen LogP contribution in [0.3, 0.4) is 0 Å². The van der Waals surface area contributed by atoms with E-state index in [2.05, 4.69) is 0 Å². The minimum Gasteiger partial charge on any atom is -0.497 e. The Bertz CT molecular complexity index is 745. The molecule has 1 heterocycles. The van der Waals surface area contributed by atoms with Crippen LogP contribution in [-0.2, 0) is 4.79 Å². The highest BCUT2D eigenvalue weighted by atomic mass is 32.1. The molecule has 2 aromatic carbocycles. The second kappa shape index (κ2) is 6.26. The first-order chi connectivity index (χ1) is 11.1. The van der Waals surface area contributed by atoms with Crippen LogP contribution in [0.4, 0.5) is 5.69 Å². The van der Waals surface area contributed by atoms with Crippen LogP contribution in [0.2, 0.25) is 0 Å². The van der Waals surface area contributed by atoms with Crippen molar-refractivity contribution in [2.75, 3.05) is 18.6 Å². The van der Waals surface area contributed by atoms with Crippen molar-refractivity contribution >= 4 is 28.9 Å². The monoisotopic (exact) mass is 329 g/mol. The number of rotatable bonds is 4. The second-order valence-corrected chi connectivity index (χ2v) is 5.48. The quantitative estimate of drug-likeness (QED) is 0.870. The van der Waals surface area contributed by atoms with Gasteiger partial charge in [-0.15, -0.1) is 0 Å². The minimum atomic E-state index is -0.947. The van der Waals surface area contributed by atoms with Crippen LogP contribution < -0.4 is 14.4 Å². The summed E-state index contributed by atoms with van der Waals surface area (Å²) >= 11 is 5.49. The van der Waals surface area contributed by atoms with Gasteiger partial charge < -0.3 is 19.5 Å². The number of benzene rings is 2. The second-order valence-electron chi connectivity index (χ2n) is 5.06. The Labute approximate surface area is 139 Å². The van der Waals surface area contributed by atoms with Crippen molar-refractivity contribution in [2.45, 2.75) is 6.10 Å². The van der Waals surface area contributed by atoms with E-state index < -0.39 is 12.1 Å². The molecule has 118 valence electrons. The van der Waals surface area contributed by atoms with Gasteiger partial charge in [-0.1, -0.05) is 36.5 Å². The first-order valence-electron chi connectivity index (χ1n) is 7.03. The lowest BCUT2D eigenvalue weighted by molar-refractivity contribution is -0.135. The molecule has 1 atom stereocenters. The van der Waals surface area contributed by atoms with Crippen LogP contribution in [0, 0.1) is 0 Å². The predicted octanol–water partition coefficient (Wildman–Crippen LogP) is 3.05. The van der Waals surface area contributed by atoms with E-state index >= 15 is 0 Å². The third-order valence-electron chi connectivity index (χ3n) is 3.60. The lowest BCUT2D eigenvalue weighted by Gasteiger charge is -2.36. The number of carbonyl (C=O) groups is 1. The highest BCUT2D eigenvalue weighted by Crippen LogP contribution is 2.39. The molecule has 1 aliphatic heterocycles. The van der Waals surface area contributed by atoms with E-state index in [0.717, 1.165) is 11.3 Å². The SMILES string of the molecule is COc1ccc(C2Oc3ccccc3N(CC(=O)O)C2=S)cc1. The first-order valence-corrected chi connectivity index (χ1v) is 7.44. The summed E-state index contributed by atoms with van der Waals surface area (Å²) in [4.78, 5) is 13.2. The molecule has 1 unspecified atom stereocenters. The maximum absolute atomic E-state index is 11.2. The van der Waals surface area contributed by atoms with Gasteiger partial charge in [0.25, 0.3) is 0 Å². The summed E-state index contributed by atoms with van der Waals surface area (Å²) in [7, 11) is 1.60. The van der Waals surface area contributed by atoms with Gasteiger partial charge in [0.1, 0.15) is 23.0 Å². The number of nitrogens with zero attached hydrogens (tertiary/aromatic N) is 1. The fourth-order valence-electron chi connectivity index (χ4n) is 2.51. The highest BCUT2D eigenvalue weighted by molar-refractivity contribution is 7.80. The lowest BCUT2D eigenvalue weighted by Crippen LogP contribution is -2.42. The smallest absolute Gasteiger partial charge is 0.323 e. The largest absolute Gasteiger partial charge is 0.497 e. The number of anilines is 1. The molecule has 0 fully saturated rings. The van der Waals surface area contributed by atoms with E-state index in [-0.39, 0.29) is 6.54 Å². The van der Waals surface area contributed by atoms with Crippen molar-refractivity contribution in [1.29, 1.82) is 0 Å². The molecule has 2 aromatic rings. The standard InChI is InChI=1S/C17H15NO4S/c1-21-12-8-6-11(7-9-12)16-17(23)18(10-15(19)20)13-4-2-3-5-14(13)22-16/h2-9,16H,10H2,1H3,(H,19,20). The van der Waals surface area contributed by atoms with E-state index in [1.165, 1.54) is 0 Å². The molecule has 1 aliphatic rings. The number of methoxy groups -OCH3 is 1. The Morgan fingerprint density at radius 1 is 1.26 bits per heavy atom. The number of fused-ring (bicyclic) bond motifs is 1. The molecule has 0 radical (unpaired) electrons. The average molecular weight is 329 g/mol. The van der Waals surface area contributed by atoms with E-state index in [9.17, 15) is 9.90 Å². The topological polar surface area (TPSA) is 59.0 Å². The van der Waals surface area contributed by atoms with Gasteiger partial charge in [-0.2, -0.15) is 0 Å². The minimum absolute atomic E-state index is 0.203. The van der Waals surface area contributed by atoms with Crippen molar-refractivity contribution in [3.8, 4) is 11.5 Å². The number of carboxylic acids is 1. The average Bonchev–Trinajstić information content (AvgIpc) is 2.57. The molecule has 0 aliphatic carbocycles. The summed E-state index contributed by atoms with van der Waals surface area (Å²) < 4.78 is 11.2. The van der Waals surface area contributed by atoms with Gasteiger partial charge in [-0.3, -0.25) is 4.79 Å². The molecular formula is C17H15NO4S. The number of carboxylic acid groups (broad SMARTS) is 1. The molecule has 0 amide bonds. The summed E-state index contributed by atoms with van der Waals surface area (Å²) in [6, 6.07) is 14.7. The van der Waals surface area contributed by atoms with Crippen molar-refractivity contribution < 1.29 is 19.4 Å². The molecule has 0 aromatic heterocycles. The predicted molar refractivity (Wildman–Crippen MR) is 90.4 cm³/mol. The number of aliphatic carboxylic acids is 1. The van der Waals surface area contributed by atoms with E-state index in [1.54, 1.807) is 18.1 Å². The normalized spacial score (nSPS) is 16.5. The van der Waals surface area contributed by atoms with Crippen molar-refractivity contribution in [1.82, 2.24) is 0 Å². The number of hydrogen-bond acceptors (Lipinski definition) is 4. The van der Waals surface area contributed by atoms with Gasteiger partial charge in [-0.05, 0) is 29.8 Å². The molecule has 0 saturated heterocycles. The fourth-order valence-corrected chi connectivity index (χ4v) is 2.85. The molecule has 3 rings (SSSR count). The summed E-state index contributed by atoms with van der Waals surface area (Å²) in [6.45, 7) is -0.203. The first kappa shape index (κ1) is 15.3. The summed E-state index contributed by atoms with van der Waals surface area (Å²) in [6.07, 6.45) is -0.509. The summed E-state index contributed by atoms with van der Waals surface area (Å²) in [5.74, 6) is 0.402. The van der Waals surface area contributed by atoms with Gasteiger partial charge >= 0.3 is 5.97 Å². The summed E-state index contributed by atoms with van der Waals surface area (Å²) in [5.41, 5.74) is 1.52. The lowest BCUT2D eigenvalue weighted by atomic mass is 10.1. The molecule has 0 bridgehead atoms. The molecule has 6 heteroatoms. The number of hydrogen-bond donors (Lipinski definition) is 1. The number of ether oxygens (including phenoxy) is 2. The maximum Gasteiger partial charge on any atom is 0.323 e. The zero-order valence-corrected chi connectivity index (χ0v) is 13.2. The molecule has 5 nitrogen and oxygen atoms in total. The Balaban J connectivity index is 1.99. The molecular weight excluding hydrogens is 314 g/mol. The Morgan fingerprint density at radius 3 is 2.61 bits per heavy atom. The van der Waals surface area contributed by atoms with Crippen LogP contribution in [0.25, 0.3) is 0 Å². The van der Waals surface area contributed by atoms with Gasteiger partial charge in [0.2, 0.25) is 0 Å². The molecule has 0 spiro atoms. The van der Waals surface area contributed by atoms with Gasteiger partial charge in [0, 0.05) is 0 Å². The highest BCUT2D eigenvalue weighted by Gasteiger charge is 2.33. The number of thiocarbonyl (C=S) groups is 1. The third kappa shape index (κ3) is 2.98. The molecule has 23 heavy (non-hydrogen) atoms. The van der Waals surface area contributed by atoms with Crippen LogP contribution in [0.5, 0.6) is 11.5 Å². The van der Waals surface area contributed by atoms with Crippen molar-refractivity contribution in [3.63, 3.8) is 0 Å². The van der Waals surface area contributed by atoms with E-state index in [1.807, 2.05) is 42.5 Å². The van der Waals surface area contributed by atoms with Gasteiger partial charge in [-0.25, -0.2) is 0 Å². The Morgan fingerprint density at radius 2 is 1.96 bits per heavy atom. The van der Waals surface area contributed by atoms with Crippen LogP contribution in [-0.4, -0.2) is 29.7 Å². The van der Waals surface area contributed by atoms with Crippen LogP contribution >= 0.6 is 12.2 Å². The fraction of sp³-hybridized carbons (Fsp3) is 0.176. The third-order valence-corrected chi connectivity index (χ3v) is 4.04. The van der Waals surface area contributed by atoms with Crippen molar-refractivity contribution in [2.24, 2.45) is 0 Å². The van der Waals surface area contributed by atoms with Crippen LogP contribution in [0.1, 0.15) is 11.7 Å². The van der Waals surface area contributed by atoms with Gasteiger partial charge in [0.05, 0.1) is 12.8 Å². The van der Waals surface area contributed by atoms with E-state index in [0.29, 0.717) is 16.4 Å². The number of para-hydroxylation sites is 2. The maximum atomic E-state index is 11.2. The van der Waals surface area contributed by atoms with E-state index in [4.69, 9.17) is 21.7 Å². The van der Waals surface area contributed by atoms with Gasteiger partial charge in [0.15, 0.2) is 6.10 Å². The molecule has 0 saturated carbocycles. The zero-order chi connectivity index (χ0) is 16.4. The van der Waals surface area contributed by atoms with Crippen molar-refractivity contribution in [3.05, 3.63) is 54.1 Å². The summed E-state index contributed by atoms with van der Waals surface area (Å²) in [5, 5.41) is 9.18. The molecule has 1 N–H and O–H groups in total. The van der Waals surface area contributed by atoms with Crippen LogP contribution in [0.15, 0.2) is 48.5 Å². The Hall–Kier alpha value is -2.60. The Kier molecular flexibility index (Phi) is 4.16. The zero-order valence-electron chi connectivity index (χ0n) is 12.4.